The Morgan fingerprint density at radius 3 is 2.67 bits per heavy atom. The van der Waals surface area contributed by atoms with E-state index in [2.05, 4.69) is 10.5 Å². The van der Waals surface area contributed by atoms with Crippen molar-refractivity contribution in [3.8, 4) is 0 Å². The van der Waals surface area contributed by atoms with E-state index in [0.29, 0.717) is 19.5 Å². The number of anilines is 1. The lowest BCUT2D eigenvalue weighted by Crippen LogP contribution is -2.41. The summed E-state index contributed by atoms with van der Waals surface area (Å²) < 4.78 is 0. The molecule has 0 bridgehead atoms. The fraction of sp³-hybridized carbons (Fsp3) is 0.333. The lowest BCUT2D eigenvalue weighted by atomic mass is 10.2. The Bertz CT molecular complexity index is 406. The molecular weight excluding hydrogens is 232 g/mol. The van der Waals surface area contributed by atoms with Crippen LogP contribution in [-0.2, 0) is 0 Å². The van der Waals surface area contributed by atoms with Gasteiger partial charge in [0, 0.05) is 25.2 Å². The minimum atomic E-state index is -0.200. The van der Waals surface area contributed by atoms with Crippen molar-refractivity contribution < 1.29 is 10.0 Å². The Labute approximate surface area is 106 Å². The molecule has 6 nitrogen and oxygen atoms in total. The maximum absolute atomic E-state index is 11.9. The number of para-hydroxylation sites is 1. The van der Waals surface area contributed by atoms with Gasteiger partial charge in [-0.2, -0.15) is 0 Å². The van der Waals surface area contributed by atoms with Crippen LogP contribution in [0.25, 0.3) is 0 Å². The number of amidine groups is 1. The molecule has 0 saturated carbocycles. The van der Waals surface area contributed by atoms with E-state index < -0.39 is 0 Å². The molecule has 0 radical (unpaired) electrons. The molecule has 0 saturated heterocycles. The van der Waals surface area contributed by atoms with Gasteiger partial charge in [0.15, 0.2) is 0 Å². The first-order chi connectivity index (χ1) is 8.69. The Balaban J connectivity index is 2.79. The number of urea groups is 1. The van der Waals surface area contributed by atoms with E-state index in [9.17, 15) is 4.79 Å². The number of nitrogens with zero attached hydrogens (tertiary/aromatic N) is 2. The Kier molecular flexibility index (Phi) is 5.50. The van der Waals surface area contributed by atoms with Crippen molar-refractivity contribution in [2.75, 3.05) is 18.0 Å². The van der Waals surface area contributed by atoms with Gasteiger partial charge in [0.2, 0.25) is 0 Å². The second-order valence-corrected chi connectivity index (χ2v) is 3.66. The van der Waals surface area contributed by atoms with Gasteiger partial charge in [0.1, 0.15) is 5.84 Å². The average molecular weight is 250 g/mol. The summed E-state index contributed by atoms with van der Waals surface area (Å²) in [6, 6.07) is 9.05. The molecular formula is C12H18N4O2. The molecule has 0 aromatic heterocycles. The quantitative estimate of drug-likeness (QED) is 0.319. The number of nitrogens with two attached hydrogens (primary N) is 1. The van der Waals surface area contributed by atoms with Crippen LogP contribution < -0.4 is 16.0 Å². The van der Waals surface area contributed by atoms with E-state index in [0.717, 1.165) is 5.69 Å². The van der Waals surface area contributed by atoms with Gasteiger partial charge in [-0.15, -0.1) is 0 Å². The molecule has 0 fully saturated rings. The number of benzene rings is 1. The van der Waals surface area contributed by atoms with Crippen LogP contribution in [0.5, 0.6) is 0 Å². The second-order valence-electron chi connectivity index (χ2n) is 3.66. The van der Waals surface area contributed by atoms with Gasteiger partial charge >= 0.3 is 6.03 Å². The smallest absolute Gasteiger partial charge is 0.321 e. The highest BCUT2D eigenvalue weighted by atomic mass is 16.4. The molecule has 98 valence electrons. The highest BCUT2D eigenvalue weighted by Crippen LogP contribution is 2.13. The van der Waals surface area contributed by atoms with Crippen LogP contribution >= 0.6 is 0 Å². The maximum atomic E-state index is 11.9. The molecule has 0 spiro atoms. The lowest BCUT2D eigenvalue weighted by molar-refractivity contribution is 0.247. The molecule has 0 aliphatic carbocycles. The second kappa shape index (κ2) is 7.16. The number of carbonyl (C=O) groups excluding carboxylic acids is 1. The summed E-state index contributed by atoms with van der Waals surface area (Å²) in [5, 5.41) is 14.1. The molecule has 18 heavy (non-hydrogen) atoms. The third kappa shape index (κ3) is 3.97. The monoisotopic (exact) mass is 250 g/mol. The van der Waals surface area contributed by atoms with Gasteiger partial charge in [-0.3, -0.25) is 4.90 Å². The van der Waals surface area contributed by atoms with Gasteiger partial charge in [-0.25, -0.2) is 4.79 Å². The molecule has 4 N–H and O–H groups in total. The predicted molar refractivity (Wildman–Crippen MR) is 70.9 cm³/mol. The number of amides is 2. The number of hydrogen-bond donors (Lipinski definition) is 3. The van der Waals surface area contributed by atoms with Crippen molar-refractivity contribution in [2.24, 2.45) is 10.9 Å². The molecule has 1 rings (SSSR count). The molecule has 1 aromatic carbocycles. The van der Waals surface area contributed by atoms with Gasteiger partial charge in [-0.1, -0.05) is 23.4 Å². The first-order valence-electron chi connectivity index (χ1n) is 5.75. The van der Waals surface area contributed by atoms with Gasteiger partial charge in [0.25, 0.3) is 0 Å². The Morgan fingerprint density at radius 2 is 2.11 bits per heavy atom. The van der Waals surface area contributed by atoms with Crippen molar-refractivity contribution in [3.63, 3.8) is 0 Å². The van der Waals surface area contributed by atoms with E-state index in [-0.39, 0.29) is 11.9 Å². The van der Waals surface area contributed by atoms with Crippen molar-refractivity contribution in [1.82, 2.24) is 5.32 Å². The summed E-state index contributed by atoms with van der Waals surface area (Å²) >= 11 is 0. The summed E-state index contributed by atoms with van der Waals surface area (Å²) in [6.45, 7) is 2.75. The van der Waals surface area contributed by atoms with Gasteiger partial charge in [0.05, 0.1) is 0 Å². The molecule has 0 heterocycles. The third-order valence-electron chi connectivity index (χ3n) is 2.36. The van der Waals surface area contributed by atoms with Crippen molar-refractivity contribution >= 4 is 17.6 Å². The molecule has 1 aromatic rings. The molecule has 6 heteroatoms. The summed E-state index contributed by atoms with van der Waals surface area (Å²) in [4.78, 5) is 13.5. The molecule has 0 unspecified atom stereocenters. The minimum Gasteiger partial charge on any atom is -0.409 e. The average Bonchev–Trinajstić information content (AvgIpc) is 2.40. The highest BCUT2D eigenvalue weighted by Gasteiger charge is 2.14. The van der Waals surface area contributed by atoms with E-state index in [1.54, 1.807) is 4.90 Å². The van der Waals surface area contributed by atoms with Gasteiger partial charge < -0.3 is 16.3 Å². The van der Waals surface area contributed by atoms with Crippen LogP contribution in [0, 0.1) is 0 Å². The third-order valence-corrected chi connectivity index (χ3v) is 2.36. The Morgan fingerprint density at radius 1 is 1.44 bits per heavy atom. The fourth-order valence-corrected chi connectivity index (χ4v) is 1.48. The summed E-state index contributed by atoms with van der Waals surface area (Å²) in [7, 11) is 0. The largest absolute Gasteiger partial charge is 0.409 e. The van der Waals surface area contributed by atoms with Crippen molar-refractivity contribution in [3.05, 3.63) is 30.3 Å². The zero-order valence-corrected chi connectivity index (χ0v) is 10.3. The number of carbonyl (C=O) groups is 1. The van der Waals surface area contributed by atoms with E-state index in [1.165, 1.54) is 0 Å². The first kappa shape index (κ1) is 13.8. The van der Waals surface area contributed by atoms with Crippen LogP contribution in [0.1, 0.15) is 13.3 Å². The molecule has 0 aliphatic heterocycles. The van der Waals surface area contributed by atoms with Crippen molar-refractivity contribution in [1.29, 1.82) is 0 Å². The maximum Gasteiger partial charge on any atom is 0.321 e. The van der Waals surface area contributed by atoms with E-state index in [1.807, 2.05) is 37.3 Å². The zero-order valence-electron chi connectivity index (χ0n) is 10.3. The van der Waals surface area contributed by atoms with Crippen molar-refractivity contribution in [2.45, 2.75) is 13.3 Å². The van der Waals surface area contributed by atoms with E-state index >= 15 is 0 Å². The van der Waals surface area contributed by atoms with Crippen LogP contribution in [0.15, 0.2) is 35.5 Å². The number of nitrogens with one attached hydrogen (secondary N) is 1. The summed E-state index contributed by atoms with van der Waals surface area (Å²) in [5.41, 5.74) is 6.19. The molecule has 0 aliphatic rings. The summed E-state index contributed by atoms with van der Waals surface area (Å²) in [5.74, 6) is 0.0974. The predicted octanol–water partition coefficient (Wildman–Crippen LogP) is 1.36. The first-order valence-corrected chi connectivity index (χ1v) is 5.75. The van der Waals surface area contributed by atoms with E-state index in [4.69, 9.17) is 10.9 Å². The van der Waals surface area contributed by atoms with Gasteiger partial charge in [-0.05, 0) is 19.1 Å². The van der Waals surface area contributed by atoms with Crippen LogP contribution in [-0.4, -0.2) is 30.2 Å². The summed E-state index contributed by atoms with van der Waals surface area (Å²) in [6.07, 6.45) is 0.308. The normalized spacial score (nSPS) is 11.1. The lowest BCUT2D eigenvalue weighted by Gasteiger charge is -2.22. The topological polar surface area (TPSA) is 91.0 Å². The van der Waals surface area contributed by atoms with Crippen LogP contribution in [0.4, 0.5) is 10.5 Å². The standard InChI is InChI=1S/C12H18N4O2/c1-2-14-12(17)16(9-8-11(13)15-18)10-6-4-3-5-7-10/h3-7,18H,2,8-9H2,1H3,(H2,13,15)(H,14,17). The molecule has 2 amide bonds. The molecule has 0 atom stereocenters. The highest BCUT2D eigenvalue weighted by molar-refractivity contribution is 5.92. The van der Waals surface area contributed by atoms with Crippen LogP contribution in [0.3, 0.4) is 0 Å². The number of hydrogen-bond acceptors (Lipinski definition) is 3. The fourth-order valence-electron chi connectivity index (χ4n) is 1.48. The number of rotatable bonds is 5. The SMILES string of the molecule is CCNC(=O)N(CC/C(N)=N/O)c1ccccc1. The number of oxime groups is 1. The van der Waals surface area contributed by atoms with Crippen LogP contribution in [0.2, 0.25) is 0 Å². The Hall–Kier alpha value is -2.24. The zero-order chi connectivity index (χ0) is 13.4. The minimum absolute atomic E-state index is 0.0974.